The Morgan fingerprint density at radius 3 is 2.48 bits per heavy atom. The zero-order valence-electron chi connectivity index (χ0n) is 16.4. The molecule has 0 aliphatic rings. The van der Waals surface area contributed by atoms with Gasteiger partial charge < -0.3 is 14.0 Å². The highest BCUT2D eigenvalue weighted by Gasteiger charge is 2.24. The third-order valence-corrected chi connectivity index (χ3v) is 4.72. The molecule has 0 saturated carbocycles. The number of fused-ring (bicyclic) bond motifs is 1. The average Bonchev–Trinajstić information content (AvgIpc) is 2.97. The van der Waals surface area contributed by atoms with Crippen LogP contribution >= 0.6 is 0 Å². The molecule has 4 heteroatoms. The molecule has 0 amide bonds. The first-order valence-corrected chi connectivity index (χ1v) is 9.37. The van der Waals surface area contributed by atoms with Gasteiger partial charge in [-0.05, 0) is 43.0 Å². The second-order valence-electron chi connectivity index (χ2n) is 7.31. The van der Waals surface area contributed by atoms with E-state index < -0.39 is 6.10 Å². The number of ether oxygens (including phenoxy) is 2. The van der Waals surface area contributed by atoms with Crippen LogP contribution in [0, 0.1) is 12.8 Å². The van der Waals surface area contributed by atoms with Crippen LogP contribution in [0.3, 0.4) is 0 Å². The van der Waals surface area contributed by atoms with Gasteiger partial charge in [0.15, 0.2) is 6.10 Å². The molecule has 1 atom stereocenters. The minimum atomic E-state index is -0.599. The highest BCUT2D eigenvalue weighted by Crippen LogP contribution is 2.31. The molecule has 142 valence electrons. The van der Waals surface area contributed by atoms with Crippen LogP contribution in [0.2, 0.25) is 0 Å². The normalized spacial score (nSPS) is 12.3. The van der Waals surface area contributed by atoms with E-state index in [2.05, 4.69) is 61.7 Å². The molecule has 1 aromatic heterocycles. The van der Waals surface area contributed by atoms with Gasteiger partial charge in [-0.2, -0.15) is 0 Å². The van der Waals surface area contributed by atoms with Crippen molar-refractivity contribution in [1.82, 2.24) is 4.57 Å². The number of esters is 1. The van der Waals surface area contributed by atoms with Crippen molar-refractivity contribution in [2.75, 3.05) is 7.11 Å². The van der Waals surface area contributed by atoms with Crippen molar-refractivity contribution in [3.05, 3.63) is 65.9 Å². The van der Waals surface area contributed by atoms with Crippen molar-refractivity contribution in [2.24, 2.45) is 5.92 Å². The quantitative estimate of drug-likeness (QED) is 0.555. The van der Waals surface area contributed by atoms with Crippen LogP contribution in [0.1, 0.15) is 31.5 Å². The van der Waals surface area contributed by atoms with Gasteiger partial charge in [-0.15, -0.1) is 0 Å². The number of carbonyl (C=O) groups is 1. The molecule has 1 heterocycles. The zero-order chi connectivity index (χ0) is 19.4. The molecule has 0 bridgehead atoms. The maximum atomic E-state index is 12.1. The molecule has 0 spiro atoms. The van der Waals surface area contributed by atoms with Crippen molar-refractivity contribution in [2.45, 2.75) is 39.8 Å². The van der Waals surface area contributed by atoms with Gasteiger partial charge in [0.1, 0.15) is 5.75 Å². The average molecular weight is 365 g/mol. The van der Waals surface area contributed by atoms with E-state index in [4.69, 9.17) is 9.47 Å². The van der Waals surface area contributed by atoms with E-state index in [1.807, 2.05) is 18.2 Å². The van der Waals surface area contributed by atoms with Gasteiger partial charge in [0.25, 0.3) is 0 Å². The second-order valence-corrected chi connectivity index (χ2v) is 7.31. The van der Waals surface area contributed by atoms with E-state index in [-0.39, 0.29) is 5.97 Å². The minimum Gasteiger partial charge on any atom is -0.478 e. The predicted octanol–water partition coefficient (Wildman–Crippen LogP) is 4.96. The van der Waals surface area contributed by atoms with E-state index in [1.54, 1.807) is 0 Å². The number of benzene rings is 2. The van der Waals surface area contributed by atoms with Gasteiger partial charge >= 0.3 is 5.97 Å². The highest BCUT2D eigenvalue weighted by molar-refractivity contribution is 5.88. The number of aryl methyl sites for hydroxylation is 1. The molecule has 0 fully saturated rings. The van der Waals surface area contributed by atoms with Crippen LogP contribution in [0.25, 0.3) is 10.9 Å². The van der Waals surface area contributed by atoms with Gasteiger partial charge in [0.2, 0.25) is 0 Å². The first-order chi connectivity index (χ1) is 13.0. The van der Waals surface area contributed by atoms with E-state index in [0.29, 0.717) is 12.3 Å². The first kappa shape index (κ1) is 19.0. The maximum Gasteiger partial charge on any atom is 0.347 e. The van der Waals surface area contributed by atoms with Gasteiger partial charge in [0, 0.05) is 17.6 Å². The summed E-state index contributed by atoms with van der Waals surface area (Å²) < 4.78 is 13.3. The molecule has 1 unspecified atom stereocenters. The molecular weight excluding hydrogens is 338 g/mol. The van der Waals surface area contributed by atoms with Crippen molar-refractivity contribution in [3.63, 3.8) is 0 Å². The standard InChI is InChI=1S/C23H27NO3/c1-16(2)13-22(23(25)26-4)27-21-12-8-11-20-19(21)14-17(3)24(20)15-18-9-6-5-7-10-18/h5-12,14,16,22H,13,15H2,1-4H3. The highest BCUT2D eigenvalue weighted by atomic mass is 16.6. The zero-order valence-corrected chi connectivity index (χ0v) is 16.4. The lowest BCUT2D eigenvalue weighted by Gasteiger charge is -2.19. The largest absolute Gasteiger partial charge is 0.478 e. The number of hydrogen-bond donors (Lipinski definition) is 0. The monoisotopic (exact) mass is 365 g/mol. The van der Waals surface area contributed by atoms with Crippen LogP contribution in [-0.4, -0.2) is 23.8 Å². The summed E-state index contributed by atoms with van der Waals surface area (Å²) in [7, 11) is 1.40. The Kier molecular flexibility index (Phi) is 5.84. The fourth-order valence-corrected chi connectivity index (χ4v) is 3.37. The molecule has 4 nitrogen and oxygen atoms in total. The van der Waals surface area contributed by atoms with Crippen LogP contribution in [0.4, 0.5) is 0 Å². The summed E-state index contributed by atoms with van der Waals surface area (Å²) in [5.41, 5.74) is 3.50. The summed E-state index contributed by atoms with van der Waals surface area (Å²) in [5, 5.41) is 1.02. The van der Waals surface area contributed by atoms with Crippen LogP contribution in [0.15, 0.2) is 54.6 Å². The number of methoxy groups -OCH3 is 1. The summed E-state index contributed by atoms with van der Waals surface area (Å²) in [4.78, 5) is 12.1. The lowest BCUT2D eigenvalue weighted by molar-refractivity contribution is -0.149. The summed E-state index contributed by atoms with van der Waals surface area (Å²) in [6.45, 7) is 7.03. The van der Waals surface area contributed by atoms with Crippen LogP contribution < -0.4 is 4.74 Å². The number of aromatic nitrogens is 1. The van der Waals surface area contributed by atoms with E-state index in [0.717, 1.165) is 28.9 Å². The van der Waals surface area contributed by atoms with Gasteiger partial charge in [-0.25, -0.2) is 4.79 Å². The number of rotatable bonds is 7. The Morgan fingerprint density at radius 2 is 1.81 bits per heavy atom. The summed E-state index contributed by atoms with van der Waals surface area (Å²) in [5.74, 6) is 0.720. The molecule has 27 heavy (non-hydrogen) atoms. The number of nitrogens with zero attached hydrogens (tertiary/aromatic N) is 1. The van der Waals surface area contributed by atoms with Gasteiger partial charge in [-0.1, -0.05) is 50.2 Å². The molecule has 3 aromatic rings. The number of hydrogen-bond acceptors (Lipinski definition) is 3. The SMILES string of the molecule is COC(=O)C(CC(C)C)Oc1cccc2c1cc(C)n2Cc1ccccc1. The van der Waals surface area contributed by atoms with Crippen molar-refractivity contribution in [1.29, 1.82) is 0 Å². The Morgan fingerprint density at radius 1 is 1.07 bits per heavy atom. The molecule has 0 N–H and O–H groups in total. The Bertz CT molecular complexity index is 912. The van der Waals surface area contributed by atoms with Crippen LogP contribution in [-0.2, 0) is 16.1 Å². The van der Waals surface area contributed by atoms with Crippen molar-refractivity contribution >= 4 is 16.9 Å². The van der Waals surface area contributed by atoms with E-state index >= 15 is 0 Å². The van der Waals surface area contributed by atoms with Crippen molar-refractivity contribution < 1.29 is 14.3 Å². The summed E-state index contributed by atoms with van der Waals surface area (Å²) in [6, 6.07) is 18.5. The summed E-state index contributed by atoms with van der Waals surface area (Å²) in [6.07, 6.45) is 0.0191. The molecule has 3 rings (SSSR count). The lowest BCUT2D eigenvalue weighted by Crippen LogP contribution is -2.30. The third kappa shape index (κ3) is 4.33. The Labute approximate surface area is 160 Å². The lowest BCUT2D eigenvalue weighted by atomic mass is 10.1. The molecule has 0 aliphatic carbocycles. The van der Waals surface area contributed by atoms with E-state index in [1.165, 1.54) is 12.7 Å². The fraction of sp³-hybridized carbons (Fsp3) is 0.348. The van der Waals surface area contributed by atoms with Gasteiger partial charge in [0.05, 0.1) is 12.6 Å². The predicted molar refractivity (Wildman–Crippen MR) is 108 cm³/mol. The summed E-state index contributed by atoms with van der Waals surface area (Å²) >= 11 is 0. The van der Waals surface area contributed by atoms with Crippen molar-refractivity contribution in [3.8, 4) is 5.75 Å². The molecular formula is C23H27NO3. The second kappa shape index (κ2) is 8.30. The third-order valence-electron chi connectivity index (χ3n) is 4.72. The fourth-order valence-electron chi connectivity index (χ4n) is 3.37. The van der Waals surface area contributed by atoms with Crippen LogP contribution in [0.5, 0.6) is 5.75 Å². The van der Waals surface area contributed by atoms with Gasteiger partial charge in [-0.3, -0.25) is 0 Å². The van der Waals surface area contributed by atoms with E-state index in [9.17, 15) is 4.79 Å². The molecule has 2 aromatic carbocycles. The topological polar surface area (TPSA) is 40.5 Å². The first-order valence-electron chi connectivity index (χ1n) is 9.37. The minimum absolute atomic E-state index is 0.331. The Balaban J connectivity index is 1.95. The maximum absolute atomic E-state index is 12.1. The Hall–Kier alpha value is -2.75. The smallest absolute Gasteiger partial charge is 0.347 e. The number of carbonyl (C=O) groups excluding carboxylic acids is 1. The molecule has 0 aliphatic heterocycles. The molecule has 0 saturated heterocycles. The molecule has 0 radical (unpaired) electrons.